The highest BCUT2D eigenvalue weighted by Crippen LogP contribution is 2.37. The van der Waals surface area contributed by atoms with Crippen LogP contribution in [0.2, 0.25) is 0 Å². The SMILES string of the molecule is CCc1nc(-c2ccc(SC(F)(F)F)cc2)[nH]c(=O)c1C. The molecule has 0 saturated heterocycles. The second-order valence-electron chi connectivity index (χ2n) is 4.41. The number of thioether (sulfide) groups is 1. The fourth-order valence-electron chi connectivity index (χ4n) is 1.87. The minimum atomic E-state index is -4.31. The van der Waals surface area contributed by atoms with E-state index in [1.807, 2.05) is 6.92 Å². The third-order valence-electron chi connectivity index (χ3n) is 2.95. The molecule has 0 aliphatic carbocycles. The largest absolute Gasteiger partial charge is 0.446 e. The van der Waals surface area contributed by atoms with Gasteiger partial charge in [-0.2, -0.15) is 13.2 Å². The Kier molecular flexibility index (Phi) is 4.41. The standard InChI is InChI=1S/C14H13F3N2OS/c1-3-11-8(2)13(20)19-12(18-11)9-4-6-10(7-5-9)21-14(15,16)17/h4-7H,3H2,1-2H3,(H,18,19,20). The summed E-state index contributed by atoms with van der Waals surface area (Å²) in [6.07, 6.45) is 0.616. The van der Waals surface area contributed by atoms with Crippen molar-refractivity contribution in [1.82, 2.24) is 9.97 Å². The van der Waals surface area contributed by atoms with Crippen molar-refractivity contribution in [3.05, 3.63) is 45.9 Å². The van der Waals surface area contributed by atoms with Gasteiger partial charge in [-0.1, -0.05) is 19.1 Å². The molecule has 1 aromatic heterocycles. The van der Waals surface area contributed by atoms with Crippen LogP contribution in [0.4, 0.5) is 13.2 Å². The second kappa shape index (κ2) is 5.93. The molecule has 1 aromatic carbocycles. The molecule has 7 heteroatoms. The Bertz CT molecular complexity index is 693. The Morgan fingerprint density at radius 1 is 1.24 bits per heavy atom. The number of H-pyrrole nitrogens is 1. The highest BCUT2D eigenvalue weighted by Gasteiger charge is 2.29. The van der Waals surface area contributed by atoms with E-state index in [1.54, 1.807) is 6.92 Å². The Balaban J connectivity index is 2.35. The topological polar surface area (TPSA) is 45.8 Å². The molecule has 0 bridgehead atoms. The van der Waals surface area contributed by atoms with Crippen LogP contribution in [-0.2, 0) is 6.42 Å². The molecule has 0 atom stereocenters. The van der Waals surface area contributed by atoms with Gasteiger partial charge in [0.1, 0.15) is 5.82 Å². The predicted molar refractivity (Wildman–Crippen MR) is 76.3 cm³/mol. The summed E-state index contributed by atoms with van der Waals surface area (Å²) < 4.78 is 36.8. The fraction of sp³-hybridized carbons (Fsp3) is 0.286. The maximum Gasteiger partial charge on any atom is 0.446 e. The molecule has 3 nitrogen and oxygen atoms in total. The molecule has 21 heavy (non-hydrogen) atoms. The summed E-state index contributed by atoms with van der Waals surface area (Å²) in [5, 5.41) is 0. The third kappa shape index (κ3) is 3.87. The van der Waals surface area contributed by atoms with Gasteiger partial charge in [0.25, 0.3) is 5.56 Å². The van der Waals surface area contributed by atoms with Crippen LogP contribution in [0.15, 0.2) is 34.0 Å². The molecule has 0 spiro atoms. The maximum absolute atomic E-state index is 12.3. The molecule has 2 rings (SSSR count). The molecule has 0 fully saturated rings. The smallest absolute Gasteiger partial charge is 0.306 e. The number of alkyl halides is 3. The summed E-state index contributed by atoms with van der Waals surface area (Å²) in [7, 11) is 0. The van der Waals surface area contributed by atoms with Crippen LogP contribution in [0.25, 0.3) is 11.4 Å². The van der Waals surface area contributed by atoms with Gasteiger partial charge in [0.15, 0.2) is 0 Å². The van der Waals surface area contributed by atoms with Gasteiger partial charge in [0.2, 0.25) is 0 Å². The molecular weight excluding hydrogens is 301 g/mol. The van der Waals surface area contributed by atoms with Crippen LogP contribution in [0.5, 0.6) is 0 Å². The number of nitrogens with zero attached hydrogens (tertiary/aromatic N) is 1. The summed E-state index contributed by atoms with van der Waals surface area (Å²) in [5.41, 5.74) is -2.72. The zero-order valence-corrected chi connectivity index (χ0v) is 12.2. The molecule has 2 aromatic rings. The van der Waals surface area contributed by atoms with Crippen molar-refractivity contribution in [3.8, 4) is 11.4 Å². The van der Waals surface area contributed by atoms with E-state index in [0.717, 1.165) is 0 Å². The molecule has 0 aliphatic rings. The molecular formula is C14H13F3N2OS. The zero-order valence-electron chi connectivity index (χ0n) is 11.4. The first kappa shape index (κ1) is 15.6. The number of aromatic nitrogens is 2. The molecule has 112 valence electrons. The fourth-order valence-corrected chi connectivity index (χ4v) is 2.41. The number of benzene rings is 1. The minimum Gasteiger partial charge on any atom is -0.306 e. The average molecular weight is 314 g/mol. The first-order chi connectivity index (χ1) is 9.80. The number of aryl methyl sites for hydroxylation is 1. The quantitative estimate of drug-likeness (QED) is 0.873. The van der Waals surface area contributed by atoms with Gasteiger partial charge in [0.05, 0.1) is 5.69 Å². The van der Waals surface area contributed by atoms with E-state index in [-0.39, 0.29) is 22.2 Å². The molecule has 0 aliphatic heterocycles. The van der Waals surface area contributed by atoms with Crippen molar-refractivity contribution in [3.63, 3.8) is 0 Å². The Labute approximate surface area is 123 Å². The minimum absolute atomic E-state index is 0.0939. The molecule has 1 N–H and O–H groups in total. The molecule has 0 amide bonds. The zero-order chi connectivity index (χ0) is 15.6. The van der Waals surface area contributed by atoms with Crippen LogP contribution in [0, 0.1) is 6.92 Å². The monoisotopic (exact) mass is 314 g/mol. The summed E-state index contributed by atoms with van der Waals surface area (Å²) in [4.78, 5) is 18.9. The highest BCUT2D eigenvalue weighted by atomic mass is 32.2. The lowest BCUT2D eigenvalue weighted by Gasteiger charge is -2.08. The summed E-state index contributed by atoms with van der Waals surface area (Å²) in [5.74, 6) is 0.367. The third-order valence-corrected chi connectivity index (χ3v) is 3.69. The van der Waals surface area contributed by atoms with Gasteiger partial charge in [-0.15, -0.1) is 0 Å². The lowest BCUT2D eigenvalue weighted by Crippen LogP contribution is -2.15. The van der Waals surface area contributed by atoms with Crippen molar-refractivity contribution in [2.75, 3.05) is 0 Å². The van der Waals surface area contributed by atoms with E-state index >= 15 is 0 Å². The number of hydrogen-bond acceptors (Lipinski definition) is 3. The summed E-state index contributed by atoms with van der Waals surface area (Å²) in [6.45, 7) is 3.58. The van der Waals surface area contributed by atoms with Crippen molar-refractivity contribution < 1.29 is 13.2 Å². The van der Waals surface area contributed by atoms with Crippen LogP contribution in [0.1, 0.15) is 18.2 Å². The van der Waals surface area contributed by atoms with E-state index in [9.17, 15) is 18.0 Å². The van der Waals surface area contributed by atoms with Crippen LogP contribution in [0.3, 0.4) is 0 Å². The molecule has 0 radical (unpaired) electrons. The Morgan fingerprint density at radius 3 is 2.38 bits per heavy atom. The second-order valence-corrected chi connectivity index (χ2v) is 5.55. The Morgan fingerprint density at radius 2 is 1.86 bits per heavy atom. The average Bonchev–Trinajstić information content (AvgIpc) is 2.41. The highest BCUT2D eigenvalue weighted by molar-refractivity contribution is 8.00. The molecule has 0 saturated carbocycles. The normalized spacial score (nSPS) is 11.7. The van der Waals surface area contributed by atoms with Crippen molar-refractivity contribution in [1.29, 1.82) is 0 Å². The number of rotatable bonds is 3. The lowest BCUT2D eigenvalue weighted by molar-refractivity contribution is -0.0328. The first-order valence-electron chi connectivity index (χ1n) is 6.26. The van der Waals surface area contributed by atoms with E-state index in [2.05, 4.69) is 9.97 Å². The maximum atomic E-state index is 12.3. The number of aromatic amines is 1. The van der Waals surface area contributed by atoms with E-state index < -0.39 is 5.51 Å². The number of nitrogens with one attached hydrogen (secondary N) is 1. The Hall–Kier alpha value is -1.76. The van der Waals surface area contributed by atoms with Crippen LogP contribution >= 0.6 is 11.8 Å². The summed E-state index contributed by atoms with van der Waals surface area (Å²) in [6, 6.07) is 5.75. The number of hydrogen-bond donors (Lipinski definition) is 1. The lowest BCUT2D eigenvalue weighted by atomic mass is 10.1. The van der Waals surface area contributed by atoms with Crippen molar-refractivity contribution >= 4 is 11.8 Å². The van der Waals surface area contributed by atoms with Gasteiger partial charge in [-0.05, 0) is 37.2 Å². The molecule has 0 unspecified atom stereocenters. The summed E-state index contributed by atoms with van der Waals surface area (Å²) >= 11 is -0.174. The van der Waals surface area contributed by atoms with E-state index in [1.165, 1.54) is 24.3 Å². The van der Waals surface area contributed by atoms with Crippen molar-refractivity contribution in [2.45, 2.75) is 30.7 Å². The van der Waals surface area contributed by atoms with E-state index in [0.29, 0.717) is 29.1 Å². The van der Waals surface area contributed by atoms with Crippen LogP contribution < -0.4 is 5.56 Å². The first-order valence-corrected chi connectivity index (χ1v) is 7.08. The predicted octanol–water partition coefficient (Wildman–Crippen LogP) is 3.92. The van der Waals surface area contributed by atoms with Gasteiger partial charge < -0.3 is 4.98 Å². The van der Waals surface area contributed by atoms with E-state index in [4.69, 9.17) is 0 Å². The van der Waals surface area contributed by atoms with Crippen LogP contribution in [-0.4, -0.2) is 15.5 Å². The van der Waals surface area contributed by atoms with Gasteiger partial charge >= 0.3 is 5.51 Å². The van der Waals surface area contributed by atoms with Gasteiger partial charge in [-0.25, -0.2) is 4.98 Å². The molecule has 1 heterocycles. The number of halogens is 3. The van der Waals surface area contributed by atoms with Crippen molar-refractivity contribution in [2.24, 2.45) is 0 Å². The van der Waals surface area contributed by atoms with Gasteiger partial charge in [0, 0.05) is 16.0 Å². The van der Waals surface area contributed by atoms with Gasteiger partial charge in [-0.3, -0.25) is 4.79 Å².